The lowest BCUT2D eigenvalue weighted by Gasteiger charge is -2.20. The summed E-state index contributed by atoms with van der Waals surface area (Å²) in [5, 5.41) is 15.5. The van der Waals surface area contributed by atoms with E-state index in [1.54, 1.807) is 0 Å². The highest BCUT2D eigenvalue weighted by atomic mass is 32.2. The lowest BCUT2D eigenvalue weighted by atomic mass is 10.0. The summed E-state index contributed by atoms with van der Waals surface area (Å²) in [4.78, 5) is 20.4. The lowest BCUT2D eigenvalue weighted by Crippen LogP contribution is -2.33. The first-order valence-corrected chi connectivity index (χ1v) is 9.75. The van der Waals surface area contributed by atoms with Crippen LogP contribution in [0.3, 0.4) is 0 Å². The minimum Gasteiger partial charge on any atom is -0.345 e. The van der Waals surface area contributed by atoms with E-state index in [4.69, 9.17) is 0 Å². The molecule has 26 heavy (non-hydrogen) atoms. The Morgan fingerprint density at radius 3 is 2.92 bits per heavy atom. The molecular weight excluding hydrogens is 350 g/mol. The maximum atomic E-state index is 12.5. The highest BCUT2D eigenvalue weighted by Gasteiger charge is 2.28. The van der Waals surface area contributed by atoms with Crippen molar-refractivity contribution >= 4 is 28.7 Å². The number of nitrogens with zero attached hydrogens (tertiary/aromatic N) is 5. The van der Waals surface area contributed by atoms with Gasteiger partial charge in [0.15, 0.2) is 0 Å². The second-order valence-electron chi connectivity index (χ2n) is 6.85. The van der Waals surface area contributed by atoms with Crippen molar-refractivity contribution in [2.24, 2.45) is 5.92 Å². The van der Waals surface area contributed by atoms with Crippen molar-refractivity contribution in [3.05, 3.63) is 30.1 Å². The van der Waals surface area contributed by atoms with E-state index in [0.29, 0.717) is 11.2 Å². The molecule has 3 aromatic rings. The van der Waals surface area contributed by atoms with Crippen molar-refractivity contribution in [2.75, 3.05) is 5.75 Å². The first-order chi connectivity index (χ1) is 12.6. The van der Waals surface area contributed by atoms with Crippen molar-refractivity contribution in [3.8, 4) is 0 Å². The second-order valence-corrected chi connectivity index (χ2v) is 7.80. The molecule has 0 aliphatic heterocycles. The minimum absolute atomic E-state index is 0.0560. The highest BCUT2D eigenvalue weighted by molar-refractivity contribution is 7.99. The summed E-state index contributed by atoms with van der Waals surface area (Å²) in [5.41, 5.74) is 1.88. The molecule has 0 spiro atoms. The van der Waals surface area contributed by atoms with Gasteiger partial charge >= 0.3 is 0 Å². The molecule has 8 nitrogen and oxygen atoms in total. The van der Waals surface area contributed by atoms with Gasteiger partial charge in [0.2, 0.25) is 11.1 Å². The van der Waals surface area contributed by atoms with Gasteiger partial charge in [-0.2, -0.15) is 0 Å². The molecule has 1 aliphatic rings. The third kappa shape index (κ3) is 3.57. The molecule has 1 aliphatic carbocycles. The molecule has 2 aromatic heterocycles. The van der Waals surface area contributed by atoms with E-state index >= 15 is 0 Å². The summed E-state index contributed by atoms with van der Waals surface area (Å²) >= 11 is 1.37. The van der Waals surface area contributed by atoms with Crippen LogP contribution in [0.5, 0.6) is 0 Å². The van der Waals surface area contributed by atoms with Gasteiger partial charge < -0.3 is 10.3 Å². The molecule has 1 saturated carbocycles. The van der Waals surface area contributed by atoms with Crippen LogP contribution < -0.4 is 5.32 Å². The first-order valence-electron chi connectivity index (χ1n) is 8.76. The Bertz CT molecular complexity index is 882. The number of amides is 1. The van der Waals surface area contributed by atoms with Crippen molar-refractivity contribution in [3.63, 3.8) is 0 Å². The van der Waals surface area contributed by atoms with Gasteiger partial charge in [0.1, 0.15) is 5.82 Å². The molecule has 4 rings (SSSR count). The number of benzene rings is 1. The molecule has 1 unspecified atom stereocenters. The lowest BCUT2D eigenvalue weighted by molar-refractivity contribution is -0.119. The average Bonchev–Trinajstić information content (AvgIpc) is 3.20. The third-order valence-electron chi connectivity index (χ3n) is 4.37. The number of tetrazole rings is 1. The summed E-state index contributed by atoms with van der Waals surface area (Å²) in [6.07, 6.45) is 2.21. The fraction of sp³-hybridized carbons (Fsp3) is 0.471. The van der Waals surface area contributed by atoms with Crippen LogP contribution in [0.15, 0.2) is 29.4 Å². The zero-order chi connectivity index (χ0) is 18.1. The van der Waals surface area contributed by atoms with Gasteiger partial charge in [0.05, 0.1) is 28.9 Å². The van der Waals surface area contributed by atoms with Gasteiger partial charge in [-0.05, 0) is 41.3 Å². The SMILES string of the molecule is CC(C)C(NC(=O)CSc1nnnn1C1CC1)c1nc2ccccc2[nH]1. The molecule has 0 radical (unpaired) electrons. The smallest absolute Gasteiger partial charge is 0.231 e. The number of thioether (sulfide) groups is 1. The van der Waals surface area contributed by atoms with Crippen LogP contribution >= 0.6 is 11.8 Å². The number of H-pyrrole nitrogens is 1. The van der Waals surface area contributed by atoms with Gasteiger partial charge in [-0.3, -0.25) is 4.79 Å². The highest BCUT2D eigenvalue weighted by Crippen LogP contribution is 2.36. The number of rotatable bonds is 7. The van der Waals surface area contributed by atoms with E-state index in [0.717, 1.165) is 29.7 Å². The van der Waals surface area contributed by atoms with E-state index in [1.165, 1.54) is 11.8 Å². The Hall–Kier alpha value is -2.42. The van der Waals surface area contributed by atoms with Crippen LogP contribution in [-0.4, -0.2) is 41.8 Å². The number of aromatic nitrogens is 6. The molecule has 0 bridgehead atoms. The standard InChI is InChI=1S/C17H21N7OS/c1-10(2)15(16-18-12-5-3-4-6-13(12)19-16)20-14(25)9-26-17-21-22-23-24(17)11-7-8-11/h3-6,10-11,15H,7-9H2,1-2H3,(H,18,19)(H,20,25). The van der Waals surface area contributed by atoms with Crippen LogP contribution in [0.1, 0.15) is 44.6 Å². The van der Waals surface area contributed by atoms with Gasteiger partial charge in [0, 0.05) is 0 Å². The number of carbonyl (C=O) groups is 1. The zero-order valence-electron chi connectivity index (χ0n) is 14.7. The van der Waals surface area contributed by atoms with Crippen LogP contribution in [0.25, 0.3) is 11.0 Å². The predicted molar refractivity (Wildman–Crippen MR) is 98.6 cm³/mol. The molecule has 1 atom stereocenters. The van der Waals surface area contributed by atoms with Gasteiger partial charge in [0.25, 0.3) is 0 Å². The van der Waals surface area contributed by atoms with Crippen LogP contribution in [0.2, 0.25) is 0 Å². The molecule has 1 fully saturated rings. The fourth-order valence-corrected chi connectivity index (χ4v) is 3.60. The molecular formula is C17H21N7OS. The minimum atomic E-state index is -0.171. The monoisotopic (exact) mass is 371 g/mol. The topological polar surface area (TPSA) is 101 Å². The van der Waals surface area contributed by atoms with E-state index in [2.05, 4.69) is 44.7 Å². The van der Waals surface area contributed by atoms with E-state index in [-0.39, 0.29) is 23.6 Å². The number of para-hydroxylation sites is 2. The van der Waals surface area contributed by atoms with Gasteiger partial charge in [-0.15, -0.1) is 5.10 Å². The Kier molecular flexibility index (Phi) is 4.62. The normalized spacial score (nSPS) is 15.5. The number of nitrogens with one attached hydrogen (secondary N) is 2. The maximum absolute atomic E-state index is 12.5. The third-order valence-corrected chi connectivity index (χ3v) is 5.31. The summed E-state index contributed by atoms with van der Waals surface area (Å²) in [6, 6.07) is 8.09. The Labute approximate surface area is 155 Å². The second kappa shape index (κ2) is 7.06. The van der Waals surface area contributed by atoms with E-state index in [9.17, 15) is 4.79 Å². The average molecular weight is 371 g/mol. The quantitative estimate of drug-likeness (QED) is 0.619. The largest absolute Gasteiger partial charge is 0.345 e. The Morgan fingerprint density at radius 2 is 2.19 bits per heavy atom. The number of fused-ring (bicyclic) bond motifs is 1. The molecule has 0 saturated heterocycles. The number of imidazole rings is 1. The fourth-order valence-electron chi connectivity index (χ4n) is 2.84. The summed E-state index contributed by atoms with van der Waals surface area (Å²) in [7, 11) is 0. The van der Waals surface area contributed by atoms with E-state index in [1.807, 2.05) is 28.9 Å². The van der Waals surface area contributed by atoms with Crippen LogP contribution in [0.4, 0.5) is 0 Å². The number of hydrogen-bond donors (Lipinski definition) is 2. The van der Waals surface area contributed by atoms with Gasteiger partial charge in [-0.1, -0.05) is 37.7 Å². The zero-order valence-corrected chi connectivity index (χ0v) is 15.5. The summed E-state index contributed by atoms with van der Waals surface area (Å²) < 4.78 is 1.82. The van der Waals surface area contributed by atoms with E-state index < -0.39 is 0 Å². The van der Waals surface area contributed by atoms with Crippen LogP contribution in [-0.2, 0) is 4.79 Å². The Balaban J connectivity index is 1.42. The molecule has 1 amide bonds. The van der Waals surface area contributed by atoms with Crippen molar-refractivity contribution in [2.45, 2.75) is 43.9 Å². The number of aromatic amines is 1. The molecule has 136 valence electrons. The Morgan fingerprint density at radius 1 is 1.38 bits per heavy atom. The van der Waals surface area contributed by atoms with Crippen molar-refractivity contribution in [1.82, 2.24) is 35.5 Å². The van der Waals surface area contributed by atoms with Gasteiger partial charge in [-0.25, -0.2) is 9.67 Å². The van der Waals surface area contributed by atoms with Crippen molar-refractivity contribution < 1.29 is 4.79 Å². The van der Waals surface area contributed by atoms with Crippen molar-refractivity contribution in [1.29, 1.82) is 0 Å². The van der Waals surface area contributed by atoms with Crippen LogP contribution in [0, 0.1) is 5.92 Å². The summed E-state index contributed by atoms with van der Waals surface area (Å²) in [5.74, 6) is 1.21. The maximum Gasteiger partial charge on any atom is 0.231 e. The number of carbonyl (C=O) groups excluding carboxylic acids is 1. The molecule has 2 heterocycles. The molecule has 1 aromatic carbocycles. The number of hydrogen-bond acceptors (Lipinski definition) is 6. The summed E-state index contributed by atoms with van der Waals surface area (Å²) in [6.45, 7) is 4.14. The predicted octanol–water partition coefficient (Wildman–Crippen LogP) is 2.49. The first kappa shape index (κ1) is 17.0. The molecule has 2 N–H and O–H groups in total. The molecule has 9 heteroatoms.